The molecule has 1 fully saturated rings. The molecule has 3 aromatic rings. The van der Waals surface area contributed by atoms with Gasteiger partial charge in [-0.25, -0.2) is 4.39 Å². The molecule has 0 bridgehead atoms. The molecule has 1 aromatic heterocycles. The number of nitrogens with zero attached hydrogens (tertiary/aromatic N) is 1. The van der Waals surface area contributed by atoms with Crippen molar-refractivity contribution in [2.75, 3.05) is 11.9 Å². The van der Waals surface area contributed by atoms with Crippen LogP contribution in [0.25, 0.3) is 10.9 Å². The van der Waals surface area contributed by atoms with Crippen LogP contribution in [0.15, 0.2) is 30.3 Å². The molecule has 32 heavy (non-hydrogen) atoms. The number of halogens is 5. The minimum Gasteiger partial charge on any atom is -0.368 e. The van der Waals surface area contributed by atoms with Gasteiger partial charge < -0.3 is 11.1 Å². The summed E-state index contributed by atoms with van der Waals surface area (Å²) in [6.45, 7) is 0.603. The predicted octanol–water partition coefficient (Wildman–Crippen LogP) is 5.86. The van der Waals surface area contributed by atoms with Crippen LogP contribution in [0.3, 0.4) is 0 Å². The fourth-order valence-electron chi connectivity index (χ4n) is 4.33. The summed E-state index contributed by atoms with van der Waals surface area (Å²) in [5.41, 5.74) is 5.06. The van der Waals surface area contributed by atoms with Crippen LogP contribution in [0.4, 0.5) is 23.4 Å². The van der Waals surface area contributed by atoms with E-state index in [0.29, 0.717) is 42.2 Å². The molecule has 2 aromatic carbocycles. The molecule has 0 spiro atoms. The number of H-pyrrole nitrogens is 1. The molecule has 0 saturated heterocycles. The zero-order valence-electron chi connectivity index (χ0n) is 16.9. The lowest BCUT2D eigenvalue weighted by Crippen LogP contribution is -2.22. The Morgan fingerprint density at radius 1 is 1.19 bits per heavy atom. The number of hydrogen-bond donors (Lipinski definition) is 3. The Morgan fingerprint density at radius 3 is 2.56 bits per heavy atom. The van der Waals surface area contributed by atoms with Crippen LogP contribution in [-0.2, 0) is 6.18 Å². The summed E-state index contributed by atoms with van der Waals surface area (Å²) in [5, 5.41) is 10.9. The lowest BCUT2D eigenvalue weighted by atomic mass is 9.78. The van der Waals surface area contributed by atoms with E-state index in [1.165, 1.54) is 12.1 Å². The second-order valence-electron chi connectivity index (χ2n) is 8.15. The standard InChI is InChI=1S/C22H21ClF4N4O/c23-19-15(7-13(22(25,26)27)8-17(19)20(28)32)12-3-1-11(2-4-12)10-29-21-16-9-14(24)5-6-18(16)30-31-21/h5-9,11-12H,1-4,10H2,(H2,28,32)(H2,29,30,31). The maximum atomic E-state index is 13.5. The van der Waals surface area contributed by atoms with Crippen LogP contribution in [0, 0.1) is 11.7 Å². The Bertz CT molecular complexity index is 1150. The van der Waals surface area contributed by atoms with Gasteiger partial charge in [0, 0.05) is 11.9 Å². The molecule has 1 aliphatic rings. The van der Waals surface area contributed by atoms with Crippen molar-refractivity contribution in [2.45, 2.75) is 37.8 Å². The maximum absolute atomic E-state index is 13.5. The number of benzene rings is 2. The van der Waals surface area contributed by atoms with Crippen LogP contribution >= 0.6 is 11.6 Å². The van der Waals surface area contributed by atoms with Gasteiger partial charge in [0.15, 0.2) is 5.82 Å². The van der Waals surface area contributed by atoms with Gasteiger partial charge in [-0.1, -0.05) is 11.6 Å². The van der Waals surface area contributed by atoms with Crippen molar-refractivity contribution >= 4 is 34.2 Å². The maximum Gasteiger partial charge on any atom is 0.416 e. The van der Waals surface area contributed by atoms with Crippen molar-refractivity contribution in [3.63, 3.8) is 0 Å². The molecular formula is C22H21ClF4N4O. The Morgan fingerprint density at radius 2 is 1.91 bits per heavy atom. The van der Waals surface area contributed by atoms with E-state index in [0.717, 1.165) is 24.4 Å². The first-order chi connectivity index (χ1) is 15.1. The third kappa shape index (κ3) is 4.53. The summed E-state index contributed by atoms with van der Waals surface area (Å²) in [7, 11) is 0. The minimum atomic E-state index is -4.60. The average Bonchev–Trinajstić information content (AvgIpc) is 3.14. The highest BCUT2D eigenvalue weighted by molar-refractivity contribution is 6.34. The molecule has 1 amide bonds. The predicted molar refractivity (Wildman–Crippen MR) is 114 cm³/mol. The van der Waals surface area contributed by atoms with Crippen molar-refractivity contribution in [2.24, 2.45) is 11.7 Å². The molecular weight excluding hydrogens is 448 g/mol. The molecule has 1 heterocycles. The van der Waals surface area contributed by atoms with Crippen LogP contribution < -0.4 is 11.1 Å². The van der Waals surface area contributed by atoms with Crippen LogP contribution in [-0.4, -0.2) is 22.6 Å². The third-order valence-electron chi connectivity index (χ3n) is 6.06. The Labute approximate surface area is 186 Å². The van der Waals surface area contributed by atoms with Crippen molar-refractivity contribution in [1.29, 1.82) is 0 Å². The number of primary amides is 1. The number of hydrogen-bond acceptors (Lipinski definition) is 3. The van der Waals surface area contributed by atoms with Gasteiger partial charge in [0.2, 0.25) is 5.91 Å². The summed E-state index contributed by atoms with van der Waals surface area (Å²) >= 11 is 6.27. The second-order valence-corrected chi connectivity index (χ2v) is 8.53. The molecule has 4 N–H and O–H groups in total. The van der Waals surface area contributed by atoms with E-state index in [-0.39, 0.29) is 28.2 Å². The van der Waals surface area contributed by atoms with Crippen molar-refractivity contribution in [1.82, 2.24) is 10.2 Å². The summed E-state index contributed by atoms with van der Waals surface area (Å²) < 4.78 is 53.5. The van der Waals surface area contributed by atoms with Gasteiger partial charge in [0.1, 0.15) is 5.82 Å². The van der Waals surface area contributed by atoms with Crippen molar-refractivity contribution < 1.29 is 22.4 Å². The summed E-state index contributed by atoms with van der Waals surface area (Å²) in [6, 6.07) is 6.12. The fraction of sp³-hybridized carbons (Fsp3) is 0.364. The largest absolute Gasteiger partial charge is 0.416 e. The Kier molecular flexibility index (Phi) is 6.03. The highest BCUT2D eigenvalue weighted by Gasteiger charge is 2.34. The first-order valence-electron chi connectivity index (χ1n) is 10.2. The number of aromatic amines is 1. The van der Waals surface area contributed by atoms with E-state index >= 15 is 0 Å². The number of fused-ring (bicyclic) bond motifs is 1. The Balaban J connectivity index is 1.45. The number of amides is 1. The number of nitrogens with one attached hydrogen (secondary N) is 2. The minimum absolute atomic E-state index is 0.00269. The molecule has 170 valence electrons. The van der Waals surface area contributed by atoms with Crippen LogP contribution in [0.2, 0.25) is 5.02 Å². The molecule has 4 rings (SSSR count). The number of carbonyl (C=O) groups excluding carboxylic acids is 1. The number of rotatable bonds is 5. The zero-order valence-corrected chi connectivity index (χ0v) is 17.7. The quantitative estimate of drug-likeness (QED) is 0.410. The normalized spacial score (nSPS) is 19.3. The molecule has 0 aliphatic heterocycles. The summed E-state index contributed by atoms with van der Waals surface area (Å²) in [6.07, 6.45) is -1.83. The molecule has 5 nitrogen and oxygen atoms in total. The summed E-state index contributed by atoms with van der Waals surface area (Å²) in [4.78, 5) is 11.6. The smallest absolute Gasteiger partial charge is 0.368 e. The zero-order chi connectivity index (χ0) is 23.0. The van der Waals surface area contributed by atoms with E-state index in [1.807, 2.05) is 0 Å². The average molecular weight is 469 g/mol. The highest BCUT2D eigenvalue weighted by Crippen LogP contribution is 2.42. The topological polar surface area (TPSA) is 83.8 Å². The molecule has 10 heteroatoms. The van der Waals surface area contributed by atoms with Crippen molar-refractivity contribution in [3.8, 4) is 0 Å². The number of alkyl halides is 3. The van der Waals surface area contributed by atoms with Gasteiger partial charge in [0.05, 0.1) is 21.7 Å². The second kappa shape index (κ2) is 8.61. The number of anilines is 1. The monoisotopic (exact) mass is 468 g/mol. The summed E-state index contributed by atoms with van der Waals surface area (Å²) in [5.74, 6) is -0.696. The van der Waals surface area contributed by atoms with Gasteiger partial charge in [-0.05, 0) is 73.4 Å². The SMILES string of the molecule is NC(=O)c1cc(C(F)(F)F)cc(C2CCC(CNc3n[nH]c4ccc(F)cc34)CC2)c1Cl. The van der Waals surface area contributed by atoms with E-state index in [4.69, 9.17) is 17.3 Å². The third-order valence-corrected chi connectivity index (χ3v) is 6.49. The number of nitrogens with two attached hydrogens (primary N) is 1. The molecule has 1 saturated carbocycles. The van der Waals surface area contributed by atoms with Crippen LogP contribution in [0.5, 0.6) is 0 Å². The van der Waals surface area contributed by atoms with E-state index in [2.05, 4.69) is 15.5 Å². The van der Waals surface area contributed by atoms with Gasteiger partial charge in [-0.2, -0.15) is 18.3 Å². The van der Waals surface area contributed by atoms with E-state index in [9.17, 15) is 22.4 Å². The number of aromatic nitrogens is 2. The first kappa shape index (κ1) is 22.4. The molecule has 0 radical (unpaired) electrons. The highest BCUT2D eigenvalue weighted by atomic mass is 35.5. The Hall–Kier alpha value is -2.81. The van der Waals surface area contributed by atoms with Gasteiger partial charge >= 0.3 is 6.18 Å². The van der Waals surface area contributed by atoms with Gasteiger partial charge in [-0.15, -0.1) is 0 Å². The fourth-order valence-corrected chi connectivity index (χ4v) is 4.68. The van der Waals surface area contributed by atoms with Crippen LogP contribution in [0.1, 0.15) is 53.1 Å². The number of carbonyl (C=O) groups is 1. The molecule has 1 aliphatic carbocycles. The lowest BCUT2D eigenvalue weighted by Gasteiger charge is -2.30. The van der Waals surface area contributed by atoms with E-state index in [1.54, 1.807) is 6.07 Å². The lowest BCUT2D eigenvalue weighted by molar-refractivity contribution is -0.137. The van der Waals surface area contributed by atoms with Gasteiger partial charge in [0.25, 0.3) is 0 Å². The van der Waals surface area contributed by atoms with E-state index < -0.39 is 17.6 Å². The molecule has 0 unspecified atom stereocenters. The van der Waals surface area contributed by atoms with Gasteiger partial charge in [-0.3, -0.25) is 9.89 Å². The first-order valence-corrected chi connectivity index (χ1v) is 10.6. The van der Waals surface area contributed by atoms with Crippen molar-refractivity contribution in [3.05, 3.63) is 57.9 Å². The molecule has 0 atom stereocenters.